The minimum absolute atomic E-state index is 0.0289. The van der Waals surface area contributed by atoms with E-state index in [4.69, 9.17) is 4.74 Å². The van der Waals surface area contributed by atoms with Crippen LogP contribution in [-0.2, 0) is 21.1 Å². The lowest BCUT2D eigenvalue weighted by atomic mass is 10.1. The molecule has 1 aliphatic rings. The number of benzene rings is 1. The summed E-state index contributed by atoms with van der Waals surface area (Å²) in [6.07, 6.45) is 5.41. The Balaban J connectivity index is 1.81. The van der Waals surface area contributed by atoms with Gasteiger partial charge in [0.2, 0.25) is 0 Å². The van der Waals surface area contributed by atoms with Crippen LogP contribution in [0.3, 0.4) is 0 Å². The molecule has 28 heavy (non-hydrogen) atoms. The zero-order valence-corrected chi connectivity index (χ0v) is 17.1. The van der Waals surface area contributed by atoms with E-state index < -0.39 is 15.1 Å². The number of aromatic nitrogens is 1. The summed E-state index contributed by atoms with van der Waals surface area (Å²) in [5.74, 6) is -0.146. The first kappa shape index (κ1) is 20.5. The topological polar surface area (TPSA) is 76.6 Å². The molecular weight excluding hydrogens is 376 g/mol. The summed E-state index contributed by atoms with van der Waals surface area (Å²) < 4.78 is 30.3. The highest BCUT2D eigenvalue weighted by atomic mass is 32.2. The van der Waals surface area contributed by atoms with Gasteiger partial charge in [-0.25, -0.2) is 8.42 Å². The molecule has 0 saturated carbocycles. The first-order valence-corrected chi connectivity index (χ1v) is 11.1. The summed E-state index contributed by atoms with van der Waals surface area (Å²) >= 11 is 0. The van der Waals surface area contributed by atoms with Crippen LogP contribution in [0.15, 0.2) is 53.7 Å². The predicted molar refractivity (Wildman–Crippen MR) is 107 cm³/mol. The van der Waals surface area contributed by atoms with Crippen molar-refractivity contribution in [2.24, 2.45) is 0 Å². The molecule has 1 unspecified atom stereocenters. The van der Waals surface area contributed by atoms with Crippen molar-refractivity contribution in [1.82, 2.24) is 9.88 Å². The minimum Gasteiger partial charge on any atom is -0.376 e. The Bertz CT molecular complexity index is 890. The quantitative estimate of drug-likeness (QED) is 0.711. The maximum atomic E-state index is 13.1. The molecule has 1 aromatic heterocycles. The molecular formula is C21H26N2O4S. The summed E-state index contributed by atoms with van der Waals surface area (Å²) in [5, 5.41) is -0.504. The monoisotopic (exact) mass is 402 g/mol. The molecule has 0 spiro atoms. The molecule has 3 rings (SSSR count). The number of sulfone groups is 1. The van der Waals surface area contributed by atoms with E-state index in [1.54, 1.807) is 43.3 Å². The van der Waals surface area contributed by atoms with Gasteiger partial charge in [-0.3, -0.25) is 9.78 Å². The Kier molecular flexibility index (Phi) is 6.46. The van der Waals surface area contributed by atoms with Gasteiger partial charge in [0, 0.05) is 37.7 Å². The second kappa shape index (κ2) is 8.84. The standard InChI is InChI=1S/C21H26N2O4S/c1-16(2)28(25,26)20-9-7-18(8-10-20)21(24)23(15-19-6-4-12-27-19)14-17-5-3-11-22-13-17/h3,5,7-11,13,16,19H,4,6,12,14-15H2,1-2H3. The lowest BCUT2D eigenvalue weighted by Crippen LogP contribution is -2.37. The van der Waals surface area contributed by atoms with Crippen molar-refractivity contribution in [3.8, 4) is 0 Å². The van der Waals surface area contributed by atoms with E-state index in [9.17, 15) is 13.2 Å². The van der Waals surface area contributed by atoms with Gasteiger partial charge in [-0.05, 0) is 62.6 Å². The smallest absolute Gasteiger partial charge is 0.254 e. The third kappa shape index (κ3) is 4.77. The third-order valence-electron chi connectivity index (χ3n) is 4.88. The lowest BCUT2D eigenvalue weighted by Gasteiger charge is -2.25. The van der Waals surface area contributed by atoms with Crippen molar-refractivity contribution in [1.29, 1.82) is 0 Å². The molecule has 1 aliphatic heterocycles. The van der Waals surface area contributed by atoms with Crippen molar-refractivity contribution < 1.29 is 17.9 Å². The Morgan fingerprint density at radius 1 is 1.25 bits per heavy atom. The van der Waals surface area contributed by atoms with Gasteiger partial charge < -0.3 is 9.64 Å². The fourth-order valence-electron chi connectivity index (χ4n) is 3.21. The average Bonchev–Trinajstić information content (AvgIpc) is 3.21. The summed E-state index contributed by atoms with van der Waals surface area (Å²) in [4.78, 5) is 19.2. The number of carbonyl (C=O) groups is 1. The third-order valence-corrected chi connectivity index (χ3v) is 7.05. The fourth-order valence-corrected chi connectivity index (χ4v) is 4.27. The maximum absolute atomic E-state index is 13.1. The SMILES string of the molecule is CC(C)S(=O)(=O)c1ccc(C(=O)N(Cc2cccnc2)CC2CCCO2)cc1. The predicted octanol–water partition coefficient (Wildman–Crippen LogP) is 3.09. The number of carbonyl (C=O) groups excluding carboxylic acids is 1. The molecule has 1 amide bonds. The lowest BCUT2D eigenvalue weighted by molar-refractivity contribution is 0.0507. The van der Waals surface area contributed by atoms with Crippen molar-refractivity contribution >= 4 is 15.7 Å². The molecule has 150 valence electrons. The molecule has 2 heterocycles. The Morgan fingerprint density at radius 3 is 2.57 bits per heavy atom. The van der Waals surface area contributed by atoms with Gasteiger partial charge in [0.15, 0.2) is 9.84 Å². The Labute approximate surface area is 166 Å². The van der Waals surface area contributed by atoms with E-state index in [0.29, 0.717) is 18.7 Å². The van der Waals surface area contributed by atoms with Crippen molar-refractivity contribution in [3.05, 3.63) is 59.9 Å². The maximum Gasteiger partial charge on any atom is 0.254 e. The molecule has 1 saturated heterocycles. The van der Waals surface area contributed by atoms with E-state index in [1.165, 1.54) is 12.1 Å². The van der Waals surface area contributed by atoms with Gasteiger partial charge in [0.05, 0.1) is 16.2 Å². The molecule has 0 radical (unpaired) electrons. The van der Waals surface area contributed by atoms with Crippen LogP contribution in [0.2, 0.25) is 0 Å². The Morgan fingerprint density at radius 2 is 2.00 bits per heavy atom. The normalized spacial score (nSPS) is 17.0. The molecule has 7 heteroatoms. The van der Waals surface area contributed by atoms with Gasteiger partial charge in [0.25, 0.3) is 5.91 Å². The molecule has 1 atom stereocenters. The molecule has 0 bridgehead atoms. The summed E-state index contributed by atoms with van der Waals surface area (Å²) in [6, 6.07) is 9.97. The van der Waals surface area contributed by atoms with E-state index in [2.05, 4.69) is 4.98 Å². The first-order chi connectivity index (χ1) is 13.4. The largest absolute Gasteiger partial charge is 0.376 e. The minimum atomic E-state index is -3.36. The van der Waals surface area contributed by atoms with Gasteiger partial charge >= 0.3 is 0 Å². The van der Waals surface area contributed by atoms with E-state index >= 15 is 0 Å². The number of hydrogen-bond donors (Lipinski definition) is 0. The molecule has 0 aliphatic carbocycles. The molecule has 0 N–H and O–H groups in total. The van der Waals surface area contributed by atoms with Crippen LogP contribution in [0.5, 0.6) is 0 Å². The number of nitrogens with zero attached hydrogens (tertiary/aromatic N) is 2. The van der Waals surface area contributed by atoms with Crippen LogP contribution in [0.25, 0.3) is 0 Å². The fraction of sp³-hybridized carbons (Fsp3) is 0.429. The average molecular weight is 403 g/mol. The first-order valence-electron chi connectivity index (χ1n) is 9.51. The highest BCUT2D eigenvalue weighted by molar-refractivity contribution is 7.92. The highest BCUT2D eigenvalue weighted by Crippen LogP contribution is 2.20. The second-order valence-electron chi connectivity index (χ2n) is 7.30. The molecule has 2 aromatic rings. The zero-order chi connectivity index (χ0) is 20.1. The number of pyridine rings is 1. The van der Waals surface area contributed by atoms with Crippen LogP contribution in [0.4, 0.5) is 0 Å². The van der Waals surface area contributed by atoms with E-state index in [0.717, 1.165) is 25.0 Å². The van der Waals surface area contributed by atoms with Crippen LogP contribution in [0.1, 0.15) is 42.6 Å². The van der Waals surface area contributed by atoms with Crippen LogP contribution in [0, 0.1) is 0 Å². The second-order valence-corrected chi connectivity index (χ2v) is 9.80. The van der Waals surface area contributed by atoms with Gasteiger partial charge in [0.1, 0.15) is 0 Å². The summed E-state index contributed by atoms with van der Waals surface area (Å²) in [7, 11) is -3.36. The van der Waals surface area contributed by atoms with E-state index in [1.807, 2.05) is 12.1 Å². The van der Waals surface area contributed by atoms with Gasteiger partial charge in [-0.1, -0.05) is 6.07 Å². The summed E-state index contributed by atoms with van der Waals surface area (Å²) in [5.41, 5.74) is 1.40. The molecule has 6 nitrogen and oxygen atoms in total. The molecule has 1 fully saturated rings. The van der Waals surface area contributed by atoms with Crippen LogP contribution >= 0.6 is 0 Å². The van der Waals surface area contributed by atoms with E-state index in [-0.39, 0.29) is 16.9 Å². The van der Waals surface area contributed by atoms with Crippen molar-refractivity contribution in [2.45, 2.75) is 49.5 Å². The highest BCUT2D eigenvalue weighted by Gasteiger charge is 2.25. The number of ether oxygens (including phenoxy) is 1. The Hall–Kier alpha value is -2.25. The number of hydrogen-bond acceptors (Lipinski definition) is 5. The van der Waals surface area contributed by atoms with Gasteiger partial charge in [-0.2, -0.15) is 0 Å². The van der Waals surface area contributed by atoms with Crippen molar-refractivity contribution in [2.75, 3.05) is 13.2 Å². The van der Waals surface area contributed by atoms with Crippen LogP contribution in [-0.4, -0.2) is 48.7 Å². The van der Waals surface area contributed by atoms with Gasteiger partial charge in [-0.15, -0.1) is 0 Å². The van der Waals surface area contributed by atoms with Crippen molar-refractivity contribution in [3.63, 3.8) is 0 Å². The summed E-state index contributed by atoms with van der Waals surface area (Å²) in [6.45, 7) is 4.94. The molecule has 1 aromatic carbocycles. The number of amides is 1. The van der Waals surface area contributed by atoms with Crippen LogP contribution < -0.4 is 0 Å². The number of rotatable bonds is 7. The zero-order valence-electron chi connectivity index (χ0n) is 16.2.